The highest BCUT2D eigenvalue weighted by molar-refractivity contribution is 5.89. The summed E-state index contributed by atoms with van der Waals surface area (Å²) in [6.07, 6.45) is 0.0211. The molecule has 0 spiro atoms. The number of carbonyl (C=O) groups is 2. The Morgan fingerprint density at radius 3 is 2.44 bits per heavy atom. The highest BCUT2D eigenvalue weighted by Crippen LogP contribution is 2.24. The van der Waals surface area contributed by atoms with Gasteiger partial charge in [0, 0.05) is 13.1 Å². The number of anilines is 1. The van der Waals surface area contributed by atoms with Crippen LogP contribution < -0.4 is 4.90 Å². The van der Waals surface area contributed by atoms with Crippen molar-refractivity contribution in [1.29, 1.82) is 0 Å². The van der Waals surface area contributed by atoms with Gasteiger partial charge in [0.05, 0.1) is 11.3 Å². The molecule has 0 radical (unpaired) electrons. The van der Waals surface area contributed by atoms with Crippen LogP contribution >= 0.6 is 0 Å². The minimum atomic E-state index is -0.587. The molecule has 0 fully saturated rings. The van der Waals surface area contributed by atoms with Crippen LogP contribution in [-0.2, 0) is 4.74 Å². The Morgan fingerprint density at radius 1 is 1.39 bits per heavy atom. The van der Waals surface area contributed by atoms with Crippen molar-refractivity contribution in [3.05, 3.63) is 23.8 Å². The SMILES string of the molecule is CN(C(=O)OC(C)(C)C)c1ccc(C=O)c(O)c1. The van der Waals surface area contributed by atoms with Crippen LogP contribution in [0.2, 0.25) is 0 Å². The molecule has 5 nitrogen and oxygen atoms in total. The molecule has 0 saturated carbocycles. The largest absolute Gasteiger partial charge is 0.507 e. The molecule has 1 N–H and O–H groups in total. The number of hydrogen-bond acceptors (Lipinski definition) is 4. The molecule has 1 aromatic rings. The highest BCUT2D eigenvalue weighted by atomic mass is 16.6. The van der Waals surface area contributed by atoms with E-state index in [2.05, 4.69) is 0 Å². The van der Waals surface area contributed by atoms with Crippen molar-refractivity contribution >= 4 is 18.1 Å². The zero-order chi connectivity index (χ0) is 13.9. The van der Waals surface area contributed by atoms with Crippen molar-refractivity contribution in [3.63, 3.8) is 0 Å². The zero-order valence-corrected chi connectivity index (χ0v) is 10.9. The van der Waals surface area contributed by atoms with Gasteiger partial charge in [-0.15, -0.1) is 0 Å². The van der Waals surface area contributed by atoms with Crippen molar-refractivity contribution in [2.45, 2.75) is 26.4 Å². The summed E-state index contributed by atoms with van der Waals surface area (Å²) >= 11 is 0. The molecule has 1 rings (SSSR count). The van der Waals surface area contributed by atoms with E-state index in [0.717, 1.165) is 0 Å². The Labute approximate surface area is 106 Å². The number of amides is 1. The van der Waals surface area contributed by atoms with Gasteiger partial charge in [-0.2, -0.15) is 0 Å². The Kier molecular flexibility index (Phi) is 3.96. The Morgan fingerprint density at radius 2 is 2.00 bits per heavy atom. The third-order valence-electron chi connectivity index (χ3n) is 2.20. The number of phenols is 1. The summed E-state index contributed by atoms with van der Waals surface area (Å²) in [5.74, 6) is -0.169. The van der Waals surface area contributed by atoms with Crippen molar-refractivity contribution in [2.75, 3.05) is 11.9 Å². The van der Waals surface area contributed by atoms with Gasteiger partial charge in [-0.1, -0.05) is 0 Å². The van der Waals surface area contributed by atoms with Crippen molar-refractivity contribution in [1.82, 2.24) is 0 Å². The second-order valence-corrected chi connectivity index (χ2v) is 4.90. The molecule has 1 aromatic carbocycles. The summed E-state index contributed by atoms with van der Waals surface area (Å²) in [5.41, 5.74) is 0.0412. The van der Waals surface area contributed by atoms with Gasteiger partial charge in [-0.25, -0.2) is 4.79 Å². The predicted octanol–water partition coefficient (Wildman–Crippen LogP) is 2.58. The van der Waals surface area contributed by atoms with Crippen molar-refractivity contribution in [2.24, 2.45) is 0 Å². The second kappa shape index (κ2) is 5.08. The van der Waals surface area contributed by atoms with Crippen LogP contribution in [0.1, 0.15) is 31.1 Å². The third-order valence-corrected chi connectivity index (χ3v) is 2.20. The fraction of sp³-hybridized carbons (Fsp3) is 0.385. The number of aromatic hydroxyl groups is 1. The number of rotatable bonds is 2. The molecule has 0 aromatic heterocycles. The predicted molar refractivity (Wildman–Crippen MR) is 68.1 cm³/mol. The third kappa shape index (κ3) is 3.48. The topological polar surface area (TPSA) is 66.8 Å². The lowest BCUT2D eigenvalue weighted by Crippen LogP contribution is -2.34. The number of aldehydes is 1. The first kappa shape index (κ1) is 14.0. The average molecular weight is 251 g/mol. The van der Waals surface area contributed by atoms with Gasteiger partial charge in [0.25, 0.3) is 0 Å². The molecule has 5 heteroatoms. The summed E-state index contributed by atoms with van der Waals surface area (Å²) in [7, 11) is 1.53. The van der Waals surface area contributed by atoms with E-state index in [1.807, 2.05) is 0 Å². The highest BCUT2D eigenvalue weighted by Gasteiger charge is 2.20. The van der Waals surface area contributed by atoms with E-state index in [0.29, 0.717) is 12.0 Å². The molecule has 1 amide bonds. The first-order valence-corrected chi connectivity index (χ1v) is 5.49. The van der Waals surface area contributed by atoms with Gasteiger partial charge in [0.1, 0.15) is 11.4 Å². The lowest BCUT2D eigenvalue weighted by Gasteiger charge is -2.24. The Hall–Kier alpha value is -2.04. The smallest absolute Gasteiger partial charge is 0.414 e. The van der Waals surface area contributed by atoms with Crippen LogP contribution in [0.5, 0.6) is 5.75 Å². The fourth-order valence-corrected chi connectivity index (χ4v) is 1.28. The van der Waals surface area contributed by atoms with Crippen molar-refractivity contribution < 1.29 is 19.4 Å². The molecule has 0 aliphatic carbocycles. The van der Waals surface area contributed by atoms with Crippen LogP contribution in [0.25, 0.3) is 0 Å². The molecule has 98 valence electrons. The number of phenolic OH excluding ortho intramolecular Hbond substituents is 1. The standard InChI is InChI=1S/C13H17NO4/c1-13(2,3)18-12(17)14(4)10-6-5-9(8-15)11(16)7-10/h5-8,16H,1-4H3. The maximum atomic E-state index is 11.8. The van der Waals surface area contributed by atoms with Gasteiger partial charge in [-0.3, -0.25) is 9.69 Å². The molecule has 0 bridgehead atoms. The Balaban J connectivity index is 2.90. The molecular weight excluding hydrogens is 234 g/mol. The number of hydrogen-bond donors (Lipinski definition) is 1. The molecule has 0 aliphatic rings. The van der Waals surface area contributed by atoms with E-state index in [4.69, 9.17) is 4.74 Å². The summed E-state index contributed by atoms with van der Waals surface area (Å²) in [5, 5.41) is 9.54. The van der Waals surface area contributed by atoms with Gasteiger partial charge in [0.2, 0.25) is 0 Å². The molecule has 0 unspecified atom stereocenters. The Bertz CT molecular complexity index is 463. The van der Waals surface area contributed by atoms with E-state index in [1.165, 1.54) is 24.1 Å². The maximum Gasteiger partial charge on any atom is 0.414 e. The zero-order valence-electron chi connectivity index (χ0n) is 10.9. The number of benzene rings is 1. The van der Waals surface area contributed by atoms with Crippen LogP contribution in [0.4, 0.5) is 10.5 Å². The van der Waals surface area contributed by atoms with E-state index in [1.54, 1.807) is 26.8 Å². The number of carbonyl (C=O) groups excluding carboxylic acids is 2. The summed E-state index contributed by atoms with van der Waals surface area (Å²) < 4.78 is 5.19. The molecule has 0 aliphatic heterocycles. The lowest BCUT2D eigenvalue weighted by atomic mass is 10.2. The van der Waals surface area contributed by atoms with E-state index in [-0.39, 0.29) is 11.3 Å². The molecule has 0 atom stereocenters. The second-order valence-electron chi connectivity index (χ2n) is 4.90. The summed E-state index contributed by atoms with van der Waals surface area (Å²) in [6.45, 7) is 5.31. The first-order valence-electron chi connectivity index (χ1n) is 5.49. The van der Waals surface area contributed by atoms with E-state index >= 15 is 0 Å². The molecule has 18 heavy (non-hydrogen) atoms. The van der Waals surface area contributed by atoms with Crippen LogP contribution in [-0.4, -0.2) is 30.1 Å². The van der Waals surface area contributed by atoms with Gasteiger partial charge in [-0.05, 0) is 32.9 Å². The van der Waals surface area contributed by atoms with Crippen LogP contribution in [0, 0.1) is 0 Å². The maximum absolute atomic E-state index is 11.8. The molecule has 0 saturated heterocycles. The monoisotopic (exact) mass is 251 g/mol. The lowest BCUT2D eigenvalue weighted by molar-refractivity contribution is 0.0589. The van der Waals surface area contributed by atoms with E-state index in [9.17, 15) is 14.7 Å². The van der Waals surface area contributed by atoms with Gasteiger partial charge >= 0.3 is 6.09 Å². The normalized spacial score (nSPS) is 10.9. The van der Waals surface area contributed by atoms with Crippen molar-refractivity contribution in [3.8, 4) is 5.75 Å². The summed E-state index contributed by atoms with van der Waals surface area (Å²) in [4.78, 5) is 23.6. The number of ether oxygens (including phenoxy) is 1. The fourth-order valence-electron chi connectivity index (χ4n) is 1.28. The van der Waals surface area contributed by atoms with E-state index < -0.39 is 11.7 Å². The van der Waals surface area contributed by atoms with Gasteiger partial charge < -0.3 is 9.84 Å². The minimum Gasteiger partial charge on any atom is -0.507 e. The van der Waals surface area contributed by atoms with Gasteiger partial charge in [0.15, 0.2) is 6.29 Å². The summed E-state index contributed by atoms with van der Waals surface area (Å²) in [6, 6.07) is 4.35. The quantitative estimate of drug-likeness (QED) is 0.820. The van der Waals surface area contributed by atoms with Crippen LogP contribution in [0.15, 0.2) is 18.2 Å². The average Bonchev–Trinajstić information content (AvgIpc) is 2.25. The van der Waals surface area contributed by atoms with Crippen LogP contribution in [0.3, 0.4) is 0 Å². The molecule has 0 heterocycles. The molecular formula is C13H17NO4. The first-order chi connectivity index (χ1) is 8.24. The number of nitrogens with zero attached hydrogens (tertiary/aromatic N) is 1. The minimum absolute atomic E-state index is 0.169.